The van der Waals surface area contributed by atoms with Gasteiger partial charge in [0.15, 0.2) is 0 Å². The normalized spacial score (nSPS) is 17.9. The number of nitrogens with zero attached hydrogens (tertiary/aromatic N) is 3. The first-order valence-corrected chi connectivity index (χ1v) is 9.68. The SMILES string of the molecule is FC(F)(F)Oc1ccc2c(c1)CCN(c1ccnc(NC3CCCCC3)n1)C2. The molecule has 0 spiro atoms. The summed E-state index contributed by atoms with van der Waals surface area (Å²) < 4.78 is 41.3. The number of nitrogens with one attached hydrogen (secondary N) is 1. The lowest BCUT2D eigenvalue weighted by molar-refractivity contribution is -0.274. The van der Waals surface area contributed by atoms with E-state index >= 15 is 0 Å². The maximum Gasteiger partial charge on any atom is 0.573 e. The van der Waals surface area contributed by atoms with Crippen LogP contribution in [0, 0.1) is 0 Å². The number of ether oxygens (including phenoxy) is 1. The lowest BCUT2D eigenvalue weighted by Crippen LogP contribution is -2.31. The van der Waals surface area contributed by atoms with Crippen LogP contribution in [0.4, 0.5) is 24.9 Å². The molecule has 2 aliphatic rings. The van der Waals surface area contributed by atoms with E-state index in [1.807, 2.05) is 6.07 Å². The van der Waals surface area contributed by atoms with E-state index in [1.165, 1.54) is 31.4 Å². The summed E-state index contributed by atoms with van der Waals surface area (Å²) in [6.45, 7) is 1.28. The van der Waals surface area contributed by atoms with Crippen LogP contribution < -0.4 is 15.0 Å². The van der Waals surface area contributed by atoms with Crippen molar-refractivity contribution in [2.24, 2.45) is 0 Å². The molecular weight excluding hydrogens is 369 g/mol. The number of hydrogen-bond donors (Lipinski definition) is 1. The molecule has 2 heterocycles. The Morgan fingerprint density at radius 2 is 1.89 bits per heavy atom. The van der Waals surface area contributed by atoms with Crippen molar-refractivity contribution in [1.82, 2.24) is 9.97 Å². The van der Waals surface area contributed by atoms with Gasteiger partial charge in [-0.1, -0.05) is 25.3 Å². The molecule has 0 saturated heterocycles. The molecule has 1 aliphatic carbocycles. The molecule has 1 N–H and O–H groups in total. The molecule has 8 heteroatoms. The Hall–Kier alpha value is -2.51. The number of rotatable bonds is 4. The summed E-state index contributed by atoms with van der Waals surface area (Å²) in [4.78, 5) is 11.1. The van der Waals surface area contributed by atoms with Gasteiger partial charge in [-0.2, -0.15) is 4.98 Å². The molecule has 1 saturated carbocycles. The fraction of sp³-hybridized carbons (Fsp3) is 0.500. The molecule has 1 fully saturated rings. The zero-order chi connectivity index (χ0) is 19.6. The van der Waals surface area contributed by atoms with E-state index < -0.39 is 6.36 Å². The molecule has 0 bridgehead atoms. The molecule has 1 aromatic carbocycles. The second-order valence-corrected chi connectivity index (χ2v) is 7.37. The lowest BCUT2D eigenvalue weighted by atomic mass is 9.96. The molecule has 0 atom stereocenters. The van der Waals surface area contributed by atoms with Crippen LogP contribution in [-0.2, 0) is 13.0 Å². The van der Waals surface area contributed by atoms with Crippen LogP contribution in [0.15, 0.2) is 30.5 Å². The number of halogens is 3. The molecule has 5 nitrogen and oxygen atoms in total. The van der Waals surface area contributed by atoms with Gasteiger partial charge in [-0.05, 0) is 48.6 Å². The molecule has 0 radical (unpaired) electrons. The fourth-order valence-electron chi connectivity index (χ4n) is 3.95. The summed E-state index contributed by atoms with van der Waals surface area (Å²) in [5.41, 5.74) is 1.87. The van der Waals surface area contributed by atoms with E-state index in [9.17, 15) is 13.2 Å². The molecule has 0 amide bonds. The minimum atomic E-state index is -4.67. The van der Waals surface area contributed by atoms with Crippen LogP contribution >= 0.6 is 0 Å². The van der Waals surface area contributed by atoms with Crippen molar-refractivity contribution in [3.05, 3.63) is 41.6 Å². The van der Waals surface area contributed by atoms with Crippen LogP contribution in [0.2, 0.25) is 0 Å². The number of aromatic nitrogens is 2. The molecular formula is C20H23F3N4O. The lowest BCUT2D eigenvalue weighted by Gasteiger charge is -2.30. The minimum Gasteiger partial charge on any atom is -0.406 e. The van der Waals surface area contributed by atoms with E-state index in [2.05, 4.69) is 24.9 Å². The quantitative estimate of drug-likeness (QED) is 0.819. The minimum absolute atomic E-state index is 0.166. The van der Waals surface area contributed by atoms with Gasteiger partial charge in [0, 0.05) is 25.3 Å². The van der Waals surface area contributed by atoms with Crippen LogP contribution in [-0.4, -0.2) is 28.9 Å². The standard InChI is InChI=1S/C20H23F3N4O/c21-20(22,23)28-17-7-6-15-13-27(11-9-14(15)12-17)18-8-10-24-19(26-18)25-16-4-2-1-3-5-16/h6-8,10,12,16H,1-5,9,11,13H2,(H,24,25,26). The van der Waals surface area contributed by atoms with Gasteiger partial charge in [0.25, 0.3) is 0 Å². The third-order valence-corrected chi connectivity index (χ3v) is 5.33. The smallest absolute Gasteiger partial charge is 0.406 e. The summed E-state index contributed by atoms with van der Waals surface area (Å²) in [5.74, 6) is 1.31. The predicted molar refractivity (Wildman–Crippen MR) is 100 cm³/mol. The van der Waals surface area contributed by atoms with E-state index in [1.54, 1.807) is 12.3 Å². The van der Waals surface area contributed by atoms with E-state index in [4.69, 9.17) is 0 Å². The Labute approximate surface area is 161 Å². The van der Waals surface area contributed by atoms with Crippen LogP contribution in [0.5, 0.6) is 5.75 Å². The average Bonchev–Trinajstić information content (AvgIpc) is 2.67. The second-order valence-electron chi connectivity index (χ2n) is 7.37. The third kappa shape index (κ3) is 4.66. The van der Waals surface area contributed by atoms with Gasteiger partial charge in [0.2, 0.25) is 5.95 Å². The third-order valence-electron chi connectivity index (χ3n) is 5.33. The Bertz CT molecular complexity index is 821. The summed E-state index contributed by atoms with van der Waals surface area (Å²) in [7, 11) is 0. The summed E-state index contributed by atoms with van der Waals surface area (Å²) in [5, 5.41) is 3.44. The fourth-order valence-corrected chi connectivity index (χ4v) is 3.95. The Morgan fingerprint density at radius 1 is 1.07 bits per heavy atom. The van der Waals surface area contributed by atoms with Gasteiger partial charge < -0.3 is 15.0 Å². The second kappa shape index (κ2) is 7.85. The number of anilines is 2. The van der Waals surface area contributed by atoms with Crippen molar-refractivity contribution in [3.63, 3.8) is 0 Å². The van der Waals surface area contributed by atoms with Crippen molar-refractivity contribution < 1.29 is 17.9 Å². The van der Waals surface area contributed by atoms with Gasteiger partial charge >= 0.3 is 6.36 Å². The zero-order valence-electron chi connectivity index (χ0n) is 15.5. The van der Waals surface area contributed by atoms with Gasteiger partial charge in [-0.25, -0.2) is 4.98 Å². The molecule has 1 aliphatic heterocycles. The van der Waals surface area contributed by atoms with Crippen molar-refractivity contribution in [3.8, 4) is 5.75 Å². The maximum absolute atomic E-state index is 12.4. The van der Waals surface area contributed by atoms with Gasteiger partial charge in [0.05, 0.1) is 0 Å². The van der Waals surface area contributed by atoms with Crippen LogP contribution in [0.25, 0.3) is 0 Å². The zero-order valence-corrected chi connectivity index (χ0v) is 15.5. The Balaban J connectivity index is 1.44. The Kier molecular flexibility index (Phi) is 5.28. The van der Waals surface area contributed by atoms with Gasteiger partial charge in [-0.15, -0.1) is 13.2 Å². The highest BCUT2D eigenvalue weighted by Gasteiger charge is 2.31. The number of alkyl halides is 3. The largest absolute Gasteiger partial charge is 0.573 e. The highest BCUT2D eigenvalue weighted by atomic mass is 19.4. The maximum atomic E-state index is 12.4. The van der Waals surface area contributed by atoms with E-state index in [-0.39, 0.29) is 5.75 Å². The van der Waals surface area contributed by atoms with Crippen LogP contribution in [0.3, 0.4) is 0 Å². The number of fused-ring (bicyclic) bond motifs is 1. The molecule has 2 aromatic rings. The molecule has 150 valence electrons. The Morgan fingerprint density at radius 3 is 2.68 bits per heavy atom. The highest BCUT2D eigenvalue weighted by Crippen LogP contribution is 2.29. The van der Waals surface area contributed by atoms with E-state index in [0.717, 1.165) is 29.8 Å². The number of benzene rings is 1. The van der Waals surface area contributed by atoms with E-state index in [0.29, 0.717) is 31.5 Å². The van der Waals surface area contributed by atoms with Gasteiger partial charge in [-0.3, -0.25) is 0 Å². The summed E-state index contributed by atoms with van der Waals surface area (Å²) >= 11 is 0. The first kappa shape index (κ1) is 18.8. The highest BCUT2D eigenvalue weighted by molar-refractivity contribution is 5.48. The monoisotopic (exact) mass is 392 g/mol. The molecule has 28 heavy (non-hydrogen) atoms. The summed E-state index contributed by atoms with van der Waals surface area (Å²) in [6.07, 6.45) is 3.78. The molecule has 4 rings (SSSR count). The van der Waals surface area contributed by atoms with Crippen molar-refractivity contribution in [1.29, 1.82) is 0 Å². The van der Waals surface area contributed by atoms with Crippen molar-refractivity contribution in [2.45, 2.75) is 57.5 Å². The first-order valence-electron chi connectivity index (χ1n) is 9.68. The molecule has 0 unspecified atom stereocenters. The van der Waals surface area contributed by atoms with Crippen LogP contribution in [0.1, 0.15) is 43.2 Å². The first-order chi connectivity index (χ1) is 13.5. The van der Waals surface area contributed by atoms with Crippen molar-refractivity contribution >= 4 is 11.8 Å². The van der Waals surface area contributed by atoms with Crippen molar-refractivity contribution in [2.75, 3.05) is 16.8 Å². The molecule has 1 aromatic heterocycles. The number of hydrogen-bond acceptors (Lipinski definition) is 5. The average molecular weight is 392 g/mol. The van der Waals surface area contributed by atoms with Gasteiger partial charge in [0.1, 0.15) is 11.6 Å². The summed E-state index contributed by atoms with van der Waals surface area (Å²) in [6, 6.07) is 6.85. The predicted octanol–water partition coefficient (Wildman–Crippen LogP) is 4.68. The topological polar surface area (TPSA) is 50.3 Å².